The highest BCUT2D eigenvalue weighted by atomic mass is 16.4. The molecule has 1 saturated carbocycles. The number of carboxylic acid groups (broad SMARTS) is 1. The topological polar surface area (TPSA) is 95.5 Å². The van der Waals surface area contributed by atoms with Crippen molar-refractivity contribution in [3.05, 3.63) is 0 Å². The van der Waals surface area contributed by atoms with Crippen LogP contribution in [0.2, 0.25) is 0 Å². The average Bonchev–Trinajstić information content (AvgIpc) is 2.31. The fraction of sp³-hybridized carbons (Fsp3) is 0.800. The van der Waals surface area contributed by atoms with Gasteiger partial charge in [0.1, 0.15) is 0 Å². The first kappa shape index (κ1) is 17.5. The minimum absolute atomic E-state index is 0.0396. The van der Waals surface area contributed by atoms with Crippen LogP contribution in [-0.4, -0.2) is 36.0 Å². The molecule has 2 amide bonds. The molecule has 0 atom stereocenters. The van der Waals surface area contributed by atoms with Gasteiger partial charge < -0.3 is 15.7 Å². The summed E-state index contributed by atoms with van der Waals surface area (Å²) in [5.74, 6) is -1.03. The predicted octanol–water partition coefficient (Wildman–Crippen LogP) is 1.30. The molecule has 3 N–H and O–H groups in total. The zero-order valence-electron chi connectivity index (χ0n) is 13.1. The van der Waals surface area contributed by atoms with Crippen LogP contribution < -0.4 is 10.6 Å². The Kier molecular flexibility index (Phi) is 5.75. The highest BCUT2D eigenvalue weighted by Gasteiger charge is 2.44. The molecule has 0 aliphatic heterocycles. The molecule has 0 radical (unpaired) electrons. The van der Waals surface area contributed by atoms with Gasteiger partial charge in [0.15, 0.2) is 0 Å². The molecule has 0 bridgehead atoms. The Bertz CT molecular complexity index is 408. The van der Waals surface area contributed by atoms with E-state index in [0.29, 0.717) is 32.2 Å². The lowest BCUT2D eigenvalue weighted by atomic mass is 9.69. The van der Waals surface area contributed by atoms with Gasteiger partial charge in [0, 0.05) is 24.9 Å². The second-order valence-electron chi connectivity index (χ2n) is 6.83. The largest absolute Gasteiger partial charge is 0.481 e. The molecular weight excluding hydrogens is 272 g/mol. The van der Waals surface area contributed by atoms with Gasteiger partial charge >= 0.3 is 5.97 Å². The van der Waals surface area contributed by atoms with Crippen LogP contribution in [0.15, 0.2) is 0 Å². The molecule has 0 saturated heterocycles. The maximum Gasteiger partial charge on any atom is 0.311 e. The van der Waals surface area contributed by atoms with Crippen molar-refractivity contribution in [2.75, 3.05) is 13.1 Å². The molecule has 1 rings (SSSR count). The second kappa shape index (κ2) is 6.91. The average molecular weight is 298 g/mol. The van der Waals surface area contributed by atoms with Gasteiger partial charge in [-0.2, -0.15) is 0 Å². The van der Waals surface area contributed by atoms with Gasteiger partial charge in [-0.1, -0.05) is 27.2 Å². The van der Waals surface area contributed by atoms with E-state index in [0.717, 1.165) is 6.42 Å². The first-order valence-electron chi connectivity index (χ1n) is 7.46. The van der Waals surface area contributed by atoms with Crippen molar-refractivity contribution in [3.63, 3.8) is 0 Å². The molecule has 0 aromatic carbocycles. The molecule has 120 valence electrons. The van der Waals surface area contributed by atoms with Crippen molar-refractivity contribution in [1.29, 1.82) is 0 Å². The number of carboxylic acids is 1. The van der Waals surface area contributed by atoms with Crippen molar-refractivity contribution in [2.24, 2.45) is 10.8 Å². The number of rotatable bonds is 7. The van der Waals surface area contributed by atoms with E-state index >= 15 is 0 Å². The Morgan fingerprint density at radius 2 is 1.76 bits per heavy atom. The zero-order chi connectivity index (χ0) is 16.1. The standard InChI is InChI=1S/C15H26N2O4/c1-14(2,3)12(19)16-9-4-6-11(18)17-10-15(13(20)21)7-5-8-15/h4-10H2,1-3H3,(H,16,19)(H,17,18)(H,20,21). The number of hydrogen-bond donors (Lipinski definition) is 3. The first-order chi connectivity index (χ1) is 9.67. The highest BCUT2D eigenvalue weighted by Crippen LogP contribution is 2.40. The Morgan fingerprint density at radius 1 is 1.14 bits per heavy atom. The Morgan fingerprint density at radius 3 is 2.19 bits per heavy atom. The summed E-state index contributed by atoms with van der Waals surface area (Å²) in [6.07, 6.45) is 3.00. The lowest BCUT2D eigenvalue weighted by Gasteiger charge is -2.37. The lowest BCUT2D eigenvalue weighted by Crippen LogP contribution is -2.47. The van der Waals surface area contributed by atoms with E-state index < -0.39 is 16.8 Å². The fourth-order valence-electron chi connectivity index (χ4n) is 2.14. The SMILES string of the molecule is CC(C)(C)C(=O)NCCCC(=O)NCC1(C(=O)O)CCC1. The van der Waals surface area contributed by atoms with E-state index in [1.54, 1.807) is 0 Å². The first-order valence-corrected chi connectivity index (χ1v) is 7.46. The van der Waals surface area contributed by atoms with Gasteiger partial charge in [-0.25, -0.2) is 0 Å². The minimum Gasteiger partial charge on any atom is -0.481 e. The molecule has 21 heavy (non-hydrogen) atoms. The summed E-state index contributed by atoms with van der Waals surface area (Å²) in [4.78, 5) is 34.4. The molecule has 0 aromatic rings. The third kappa shape index (κ3) is 5.02. The Balaban J connectivity index is 2.18. The third-order valence-corrected chi connectivity index (χ3v) is 3.94. The molecule has 1 aliphatic rings. The smallest absolute Gasteiger partial charge is 0.311 e. The van der Waals surface area contributed by atoms with Gasteiger partial charge in [0.2, 0.25) is 11.8 Å². The van der Waals surface area contributed by atoms with E-state index in [9.17, 15) is 14.4 Å². The molecule has 6 nitrogen and oxygen atoms in total. The van der Waals surface area contributed by atoms with E-state index in [2.05, 4.69) is 10.6 Å². The van der Waals surface area contributed by atoms with Crippen molar-refractivity contribution in [1.82, 2.24) is 10.6 Å². The maximum atomic E-state index is 11.7. The van der Waals surface area contributed by atoms with E-state index in [-0.39, 0.29) is 18.4 Å². The van der Waals surface area contributed by atoms with Crippen LogP contribution in [0, 0.1) is 10.8 Å². The summed E-state index contributed by atoms with van der Waals surface area (Å²) in [5, 5.41) is 14.6. The van der Waals surface area contributed by atoms with E-state index in [1.165, 1.54) is 0 Å². The maximum absolute atomic E-state index is 11.7. The summed E-state index contributed by atoms with van der Waals surface area (Å²) >= 11 is 0. The molecule has 0 aromatic heterocycles. The fourth-order valence-corrected chi connectivity index (χ4v) is 2.14. The van der Waals surface area contributed by atoms with Crippen molar-refractivity contribution in [3.8, 4) is 0 Å². The second-order valence-corrected chi connectivity index (χ2v) is 6.83. The molecule has 1 aliphatic carbocycles. The number of hydrogen-bond acceptors (Lipinski definition) is 3. The number of amides is 2. The molecular formula is C15H26N2O4. The van der Waals surface area contributed by atoms with Crippen LogP contribution >= 0.6 is 0 Å². The summed E-state index contributed by atoms with van der Waals surface area (Å²) in [7, 11) is 0. The van der Waals surface area contributed by atoms with Gasteiger partial charge in [0.25, 0.3) is 0 Å². The summed E-state index contributed by atoms with van der Waals surface area (Å²) < 4.78 is 0. The third-order valence-electron chi connectivity index (χ3n) is 3.94. The highest BCUT2D eigenvalue weighted by molar-refractivity contribution is 5.81. The van der Waals surface area contributed by atoms with Gasteiger partial charge in [-0.3, -0.25) is 14.4 Å². The number of carbonyl (C=O) groups is 3. The summed E-state index contributed by atoms with van der Waals surface area (Å²) in [6, 6.07) is 0. The normalized spacial score (nSPS) is 16.7. The molecule has 0 heterocycles. The molecule has 6 heteroatoms. The monoisotopic (exact) mass is 298 g/mol. The van der Waals surface area contributed by atoms with Crippen LogP contribution in [0.5, 0.6) is 0 Å². The van der Waals surface area contributed by atoms with Crippen LogP contribution in [0.1, 0.15) is 52.9 Å². The number of nitrogens with one attached hydrogen (secondary N) is 2. The lowest BCUT2D eigenvalue weighted by molar-refractivity contribution is -0.154. The van der Waals surface area contributed by atoms with Crippen LogP contribution in [0.25, 0.3) is 0 Å². The quantitative estimate of drug-likeness (QED) is 0.617. The van der Waals surface area contributed by atoms with Crippen molar-refractivity contribution < 1.29 is 19.5 Å². The van der Waals surface area contributed by atoms with Crippen LogP contribution in [0.4, 0.5) is 0 Å². The van der Waals surface area contributed by atoms with Crippen molar-refractivity contribution >= 4 is 17.8 Å². The number of carbonyl (C=O) groups excluding carboxylic acids is 2. The Hall–Kier alpha value is -1.59. The Labute approximate surface area is 125 Å². The summed E-state index contributed by atoms with van der Waals surface area (Å²) in [6.45, 7) is 6.15. The number of aliphatic carboxylic acids is 1. The minimum atomic E-state index is -0.827. The van der Waals surface area contributed by atoms with Crippen molar-refractivity contribution in [2.45, 2.75) is 52.9 Å². The molecule has 0 unspecified atom stereocenters. The van der Waals surface area contributed by atoms with Gasteiger partial charge in [-0.05, 0) is 19.3 Å². The van der Waals surface area contributed by atoms with E-state index in [1.807, 2.05) is 20.8 Å². The summed E-state index contributed by atoms with van der Waals surface area (Å²) in [5.41, 5.74) is -1.18. The molecule has 0 spiro atoms. The van der Waals surface area contributed by atoms with Crippen LogP contribution in [0.3, 0.4) is 0 Å². The van der Waals surface area contributed by atoms with Gasteiger partial charge in [-0.15, -0.1) is 0 Å². The van der Waals surface area contributed by atoms with Crippen LogP contribution in [-0.2, 0) is 14.4 Å². The predicted molar refractivity (Wildman–Crippen MR) is 78.6 cm³/mol. The molecule has 1 fully saturated rings. The van der Waals surface area contributed by atoms with E-state index in [4.69, 9.17) is 5.11 Å². The van der Waals surface area contributed by atoms with Gasteiger partial charge in [0.05, 0.1) is 5.41 Å². The zero-order valence-corrected chi connectivity index (χ0v) is 13.1.